The maximum absolute atomic E-state index is 9.81. The Labute approximate surface area is 206 Å². The minimum absolute atomic E-state index is 0.224. The number of nitrogens with zero attached hydrogens (tertiary/aromatic N) is 2. The number of para-hydroxylation sites is 2. The lowest BCUT2D eigenvalue weighted by Gasteiger charge is -2.21. The molecule has 2 N–H and O–H groups in total. The fourth-order valence-corrected chi connectivity index (χ4v) is 5.37. The summed E-state index contributed by atoms with van der Waals surface area (Å²) in [5.74, 6) is 0.224. The lowest BCUT2D eigenvalue weighted by atomic mass is 10.1. The number of aromatic hydroxyl groups is 1. The van der Waals surface area contributed by atoms with Crippen molar-refractivity contribution in [2.45, 2.75) is 9.79 Å². The van der Waals surface area contributed by atoms with Crippen molar-refractivity contribution in [3.63, 3.8) is 0 Å². The fraction of sp³-hybridized carbons (Fsp3) is 0. The third kappa shape index (κ3) is 3.77. The molecule has 1 aliphatic rings. The van der Waals surface area contributed by atoms with Gasteiger partial charge in [0.05, 0.1) is 22.8 Å². The largest absolute Gasteiger partial charge is 0.508 e. The van der Waals surface area contributed by atoms with Gasteiger partial charge < -0.3 is 10.4 Å². The molecule has 0 radical (unpaired) electrons. The van der Waals surface area contributed by atoms with Crippen LogP contribution in [-0.2, 0) is 0 Å². The summed E-state index contributed by atoms with van der Waals surface area (Å²) in [6, 6.07) is 33.8. The number of hydrogen-bond donors (Lipinski definition) is 2. The van der Waals surface area contributed by atoms with Crippen LogP contribution >= 0.6 is 24.0 Å². The molecule has 0 saturated carbocycles. The molecule has 0 saturated heterocycles. The predicted octanol–water partition coefficient (Wildman–Crippen LogP) is 7.85. The number of phenols is 1. The summed E-state index contributed by atoms with van der Waals surface area (Å²) >= 11 is 7.55. The molecule has 1 aliphatic heterocycles. The van der Waals surface area contributed by atoms with Gasteiger partial charge in [-0.2, -0.15) is 0 Å². The Bertz CT molecular complexity index is 1580. The van der Waals surface area contributed by atoms with Gasteiger partial charge in [0.1, 0.15) is 5.75 Å². The Morgan fingerprint density at radius 3 is 2.26 bits per heavy atom. The van der Waals surface area contributed by atoms with Gasteiger partial charge in [0.25, 0.3) is 0 Å². The second-order valence-corrected chi connectivity index (χ2v) is 9.41. The van der Waals surface area contributed by atoms with Crippen LogP contribution in [0.3, 0.4) is 0 Å². The molecule has 4 aromatic carbocycles. The van der Waals surface area contributed by atoms with Crippen molar-refractivity contribution in [2.24, 2.45) is 0 Å². The Hall–Kier alpha value is -3.87. The van der Waals surface area contributed by atoms with Crippen molar-refractivity contribution in [2.75, 3.05) is 5.32 Å². The molecule has 34 heavy (non-hydrogen) atoms. The first kappa shape index (κ1) is 20.7. The summed E-state index contributed by atoms with van der Waals surface area (Å²) in [7, 11) is 0. The maximum Gasteiger partial charge on any atom is 0.205 e. The Morgan fingerprint density at radius 1 is 0.735 bits per heavy atom. The van der Waals surface area contributed by atoms with E-state index in [4.69, 9.17) is 17.2 Å². The van der Waals surface area contributed by atoms with Gasteiger partial charge in [0.2, 0.25) is 4.77 Å². The van der Waals surface area contributed by atoms with E-state index in [0.717, 1.165) is 39.6 Å². The van der Waals surface area contributed by atoms with E-state index >= 15 is 0 Å². The molecule has 0 fully saturated rings. The monoisotopic (exact) mass is 477 g/mol. The SMILES string of the molecule is Oc1ccc(-c2cc(-c3ccc4c(c3)Nc3ccccc3S4)nc(=S)n2-c2ccccc2)cc1. The van der Waals surface area contributed by atoms with Crippen LogP contribution in [-0.4, -0.2) is 14.7 Å². The maximum atomic E-state index is 9.81. The lowest BCUT2D eigenvalue weighted by molar-refractivity contribution is 0.475. The van der Waals surface area contributed by atoms with Crippen molar-refractivity contribution in [1.82, 2.24) is 9.55 Å². The number of fused-ring (bicyclic) bond motifs is 2. The number of phenolic OH excluding ortho intramolecular Hbond substituents is 1. The van der Waals surface area contributed by atoms with E-state index in [0.29, 0.717) is 4.77 Å². The highest BCUT2D eigenvalue weighted by Crippen LogP contribution is 2.45. The zero-order valence-corrected chi connectivity index (χ0v) is 19.6. The summed E-state index contributed by atoms with van der Waals surface area (Å²) in [5, 5.41) is 13.4. The average molecular weight is 478 g/mol. The van der Waals surface area contributed by atoms with Crippen molar-refractivity contribution in [1.29, 1.82) is 0 Å². The second-order valence-electron chi connectivity index (χ2n) is 7.96. The average Bonchev–Trinajstić information content (AvgIpc) is 2.87. The molecule has 0 unspecified atom stereocenters. The summed E-state index contributed by atoms with van der Waals surface area (Å²) in [4.78, 5) is 7.20. The normalized spacial score (nSPS) is 11.9. The van der Waals surface area contributed by atoms with Crippen molar-refractivity contribution < 1.29 is 5.11 Å². The van der Waals surface area contributed by atoms with Crippen LogP contribution in [0.2, 0.25) is 0 Å². The standard InChI is InChI=1S/C28H19N3OS2/c32-21-13-10-18(11-14-21)25-17-23(30-28(33)31(25)20-6-2-1-3-7-20)19-12-15-27-24(16-19)29-22-8-4-5-9-26(22)34-27/h1-17,29,32H. The molecule has 0 atom stereocenters. The zero-order valence-electron chi connectivity index (χ0n) is 18.0. The summed E-state index contributed by atoms with van der Waals surface area (Å²) in [6.07, 6.45) is 0. The molecule has 0 aliphatic carbocycles. The van der Waals surface area contributed by atoms with E-state index in [1.54, 1.807) is 23.9 Å². The van der Waals surface area contributed by atoms with Crippen molar-refractivity contribution in [3.05, 3.63) is 108 Å². The molecule has 4 nitrogen and oxygen atoms in total. The Kier molecular flexibility index (Phi) is 5.17. The third-order valence-corrected chi connectivity index (χ3v) is 7.18. The summed E-state index contributed by atoms with van der Waals surface area (Å²) in [6.45, 7) is 0. The predicted molar refractivity (Wildman–Crippen MR) is 141 cm³/mol. The molecular formula is C28H19N3OS2. The van der Waals surface area contributed by atoms with Crippen LogP contribution in [0.5, 0.6) is 5.75 Å². The highest BCUT2D eigenvalue weighted by atomic mass is 32.2. The highest BCUT2D eigenvalue weighted by Gasteiger charge is 2.17. The van der Waals surface area contributed by atoms with Gasteiger partial charge in [0.15, 0.2) is 0 Å². The fourth-order valence-electron chi connectivity index (χ4n) is 4.10. The molecule has 6 rings (SSSR count). The van der Waals surface area contributed by atoms with E-state index in [2.05, 4.69) is 47.8 Å². The molecular weight excluding hydrogens is 458 g/mol. The Morgan fingerprint density at radius 2 is 1.44 bits per heavy atom. The van der Waals surface area contributed by atoms with E-state index in [1.165, 1.54) is 9.79 Å². The van der Waals surface area contributed by atoms with Gasteiger partial charge in [-0.3, -0.25) is 4.57 Å². The number of rotatable bonds is 3. The molecule has 1 aromatic heterocycles. The van der Waals surface area contributed by atoms with Crippen molar-refractivity contribution in [3.8, 4) is 34.0 Å². The van der Waals surface area contributed by atoms with E-state index < -0.39 is 0 Å². The number of benzene rings is 4. The van der Waals surface area contributed by atoms with Crippen LogP contribution < -0.4 is 5.32 Å². The minimum Gasteiger partial charge on any atom is -0.508 e. The molecule has 164 valence electrons. The van der Waals surface area contributed by atoms with Crippen LogP contribution in [0.25, 0.3) is 28.2 Å². The molecule has 0 bridgehead atoms. The molecule has 0 amide bonds. The van der Waals surface area contributed by atoms with Gasteiger partial charge in [0, 0.05) is 21.0 Å². The zero-order chi connectivity index (χ0) is 23.1. The summed E-state index contributed by atoms with van der Waals surface area (Å²) in [5.41, 5.74) is 6.73. The van der Waals surface area contributed by atoms with Crippen LogP contribution in [0.15, 0.2) is 113 Å². The van der Waals surface area contributed by atoms with E-state index in [1.807, 2.05) is 53.1 Å². The first-order chi connectivity index (χ1) is 16.7. The molecule has 2 heterocycles. The topological polar surface area (TPSA) is 50.1 Å². The molecule has 5 aromatic rings. The quantitative estimate of drug-likeness (QED) is 0.254. The summed E-state index contributed by atoms with van der Waals surface area (Å²) < 4.78 is 2.44. The smallest absolute Gasteiger partial charge is 0.205 e. The van der Waals surface area contributed by atoms with Crippen LogP contribution in [0, 0.1) is 4.77 Å². The second kappa shape index (κ2) is 8.48. The Balaban J connectivity index is 1.50. The molecule has 0 spiro atoms. The number of nitrogens with one attached hydrogen (secondary N) is 1. The van der Waals surface area contributed by atoms with Gasteiger partial charge in [-0.15, -0.1) is 0 Å². The number of anilines is 2. The minimum atomic E-state index is 0.224. The first-order valence-electron chi connectivity index (χ1n) is 10.8. The van der Waals surface area contributed by atoms with Crippen molar-refractivity contribution >= 4 is 35.4 Å². The van der Waals surface area contributed by atoms with Gasteiger partial charge >= 0.3 is 0 Å². The highest BCUT2D eigenvalue weighted by molar-refractivity contribution is 7.99. The lowest BCUT2D eigenvalue weighted by Crippen LogP contribution is -2.05. The first-order valence-corrected chi connectivity index (χ1v) is 12.1. The van der Waals surface area contributed by atoms with Gasteiger partial charge in [-0.05, 0) is 84.5 Å². The van der Waals surface area contributed by atoms with Crippen LogP contribution in [0.4, 0.5) is 11.4 Å². The number of aromatic nitrogens is 2. The third-order valence-electron chi connectivity index (χ3n) is 5.75. The van der Waals surface area contributed by atoms with E-state index in [9.17, 15) is 5.11 Å². The van der Waals surface area contributed by atoms with Gasteiger partial charge in [-0.1, -0.05) is 48.2 Å². The van der Waals surface area contributed by atoms with Gasteiger partial charge in [-0.25, -0.2) is 4.98 Å². The number of hydrogen-bond acceptors (Lipinski definition) is 5. The van der Waals surface area contributed by atoms with Crippen LogP contribution in [0.1, 0.15) is 0 Å². The molecule has 6 heteroatoms. The van der Waals surface area contributed by atoms with E-state index in [-0.39, 0.29) is 5.75 Å².